The second kappa shape index (κ2) is 7.89. The van der Waals surface area contributed by atoms with Crippen molar-refractivity contribution in [3.63, 3.8) is 0 Å². The number of thiophene rings is 1. The molecular weight excluding hydrogens is 378 g/mol. The summed E-state index contributed by atoms with van der Waals surface area (Å²) in [4.78, 5) is 1.13. The van der Waals surface area contributed by atoms with E-state index in [1.165, 1.54) is 11.3 Å². The second-order valence-corrected chi connectivity index (χ2v) is 6.72. The van der Waals surface area contributed by atoms with Gasteiger partial charge in [-0.15, -0.1) is 11.3 Å². The molecule has 0 atom stereocenters. The predicted molar refractivity (Wildman–Crippen MR) is 89.9 cm³/mol. The lowest BCUT2D eigenvalue weighted by Gasteiger charge is -2.12. The standard InChI is InChI=1S/C14H15BrClNO3S/c1-19-12-3-2-9(6-13(12)20-5-4-18)17-8-10-7-11(15)14(16)21-10/h2-3,6-7,17-18H,4-5,8H2,1H3. The van der Waals surface area contributed by atoms with Gasteiger partial charge in [0.05, 0.1) is 13.7 Å². The molecule has 0 aliphatic heterocycles. The summed E-state index contributed by atoms with van der Waals surface area (Å²) < 4.78 is 12.3. The summed E-state index contributed by atoms with van der Waals surface area (Å²) in [5.74, 6) is 1.23. The van der Waals surface area contributed by atoms with Gasteiger partial charge in [-0.3, -0.25) is 0 Å². The summed E-state index contributed by atoms with van der Waals surface area (Å²) in [7, 11) is 1.58. The Balaban J connectivity index is 2.05. The molecule has 0 aliphatic carbocycles. The Morgan fingerprint density at radius 2 is 2.14 bits per heavy atom. The van der Waals surface area contributed by atoms with Crippen molar-refractivity contribution in [3.05, 3.63) is 38.0 Å². The summed E-state index contributed by atoms with van der Waals surface area (Å²) in [6.07, 6.45) is 0. The molecule has 7 heteroatoms. The highest BCUT2D eigenvalue weighted by Crippen LogP contribution is 2.33. The Morgan fingerprint density at radius 1 is 1.33 bits per heavy atom. The van der Waals surface area contributed by atoms with E-state index in [4.69, 9.17) is 26.2 Å². The lowest BCUT2D eigenvalue weighted by atomic mass is 10.2. The number of hydrogen-bond acceptors (Lipinski definition) is 5. The topological polar surface area (TPSA) is 50.7 Å². The molecule has 2 aromatic rings. The van der Waals surface area contributed by atoms with Crippen LogP contribution in [0.3, 0.4) is 0 Å². The number of aliphatic hydroxyl groups is 1. The number of hydrogen-bond donors (Lipinski definition) is 2. The number of halogens is 2. The lowest BCUT2D eigenvalue weighted by Crippen LogP contribution is -2.04. The summed E-state index contributed by atoms with van der Waals surface area (Å²) in [5.41, 5.74) is 0.907. The van der Waals surface area contributed by atoms with Gasteiger partial charge in [0, 0.05) is 27.6 Å². The SMILES string of the molecule is COc1ccc(NCc2cc(Br)c(Cl)s2)cc1OCCO. The van der Waals surface area contributed by atoms with Crippen LogP contribution < -0.4 is 14.8 Å². The van der Waals surface area contributed by atoms with Crippen LogP contribution in [0.2, 0.25) is 4.34 Å². The van der Waals surface area contributed by atoms with E-state index in [1.807, 2.05) is 24.3 Å². The fraction of sp³-hybridized carbons (Fsp3) is 0.286. The molecule has 0 bridgehead atoms. The summed E-state index contributed by atoms with van der Waals surface area (Å²) in [5, 5.41) is 12.1. The first kappa shape index (κ1) is 16.4. The number of benzene rings is 1. The zero-order valence-corrected chi connectivity index (χ0v) is 14.5. The van der Waals surface area contributed by atoms with Crippen LogP contribution >= 0.6 is 38.9 Å². The van der Waals surface area contributed by atoms with Crippen LogP contribution in [0.25, 0.3) is 0 Å². The Morgan fingerprint density at radius 3 is 2.76 bits per heavy atom. The van der Waals surface area contributed by atoms with Gasteiger partial charge in [0.25, 0.3) is 0 Å². The smallest absolute Gasteiger partial charge is 0.163 e. The van der Waals surface area contributed by atoms with Gasteiger partial charge in [-0.25, -0.2) is 0 Å². The molecule has 114 valence electrons. The van der Waals surface area contributed by atoms with Crippen molar-refractivity contribution in [1.82, 2.24) is 0 Å². The average Bonchev–Trinajstić information content (AvgIpc) is 2.81. The Kier molecular flexibility index (Phi) is 6.17. The molecule has 21 heavy (non-hydrogen) atoms. The van der Waals surface area contributed by atoms with Crippen LogP contribution in [-0.4, -0.2) is 25.4 Å². The highest BCUT2D eigenvalue weighted by Gasteiger charge is 2.07. The van der Waals surface area contributed by atoms with E-state index in [0.717, 1.165) is 19.4 Å². The monoisotopic (exact) mass is 391 g/mol. The largest absolute Gasteiger partial charge is 0.493 e. The number of anilines is 1. The Bertz CT molecular complexity index is 586. The molecule has 1 heterocycles. The van der Waals surface area contributed by atoms with Gasteiger partial charge in [0.2, 0.25) is 0 Å². The molecular formula is C14H15BrClNO3S. The molecule has 0 amide bonds. The minimum Gasteiger partial charge on any atom is -0.493 e. The van der Waals surface area contributed by atoms with E-state index in [9.17, 15) is 0 Å². The van der Waals surface area contributed by atoms with Gasteiger partial charge >= 0.3 is 0 Å². The quantitative estimate of drug-likeness (QED) is 0.743. The molecule has 0 saturated heterocycles. The van der Waals surface area contributed by atoms with Crippen molar-refractivity contribution >= 4 is 44.6 Å². The van der Waals surface area contributed by atoms with Gasteiger partial charge in [-0.2, -0.15) is 0 Å². The van der Waals surface area contributed by atoms with Crippen LogP contribution in [-0.2, 0) is 6.54 Å². The van der Waals surface area contributed by atoms with Crippen molar-refractivity contribution in [3.8, 4) is 11.5 Å². The Labute approximate surface area is 140 Å². The molecule has 1 aromatic heterocycles. The molecule has 0 spiro atoms. The number of ether oxygens (including phenoxy) is 2. The summed E-state index contributed by atoms with van der Waals surface area (Å²) in [6, 6.07) is 7.58. The van der Waals surface area contributed by atoms with Crippen molar-refractivity contribution in [2.24, 2.45) is 0 Å². The molecule has 0 unspecified atom stereocenters. The molecule has 0 aliphatic rings. The molecule has 4 nitrogen and oxygen atoms in total. The summed E-state index contributed by atoms with van der Waals surface area (Å²) in [6.45, 7) is 0.859. The summed E-state index contributed by atoms with van der Waals surface area (Å²) >= 11 is 10.9. The van der Waals surface area contributed by atoms with Crippen molar-refractivity contribution in [2.45, 2.75) is 6.54 Å². The molecule has 2 N–H and O–H groups in total. The van der Waals surface area contributed by atoms with Gasteiger partial charge in [0.1, 0.15) is 10.9 Å². The zero-order chi connectivity index (χ0) is 15.2. The number of nitrogens with one attached hydrogen (secondary N) is 1. The number of methoxy groups -OCH3 is 1. The van der Waals surface area contributed by atoms with Crippen molar-refractivity contribution < 1.29 is 14.6 Å². The molecule has 0 saturated carbocycles. The fourth-order valence-corrected chi connectivity index (χ4v) is 3.45. The number of aliphatic hydroxyl groups excluding tert-OH is 1. The molecule has 0 fully saturated rings. The maximum Gasteiger partial charge on any atom is 0.163 e. The minimum atomic E-state index is -0.0392. The van der Waals surface area contributed by atoms with Crippen LogP contribution in [0.15, 0.2) is 28.7 Å². The Hall–Kier alpha value is -0.950. The highest BCUT2D eigenvalue weighted by atomic mass is 79.9. The maximum atomic E-state index is 8.84. The molecule has 0 radical (unpaired) electrons. The predicted octanol–water partition coefficient (Wildman–Crippen LogP) is 4.16. The van der Waals surface area contributed by atoms with E-state index in [-0.39, 0.29) is 13.2 Å². The van der Waals surface area contributed by atoms with Crippen LogP contribution in [0, 0.1) is 0 Å². The van der Waals surface area contributed by atoms with E-state index in [1.54, 1.807) is 7.11 Å². The third-order valence-electron chi connectivity index (χ3n) is 2.68. The third-order valence-corrected chi connectivity index (χ3v) is 5.15. The second-order valence-electron chi connectivity index (χ2n) is 4.13. The minimum absolute atomic E-state index is 0.0392. The van der Waals surface area contributed by atoms with Crippen LogP contribution in [0.5, 0.6) is 11.5 Å². The highest BCUT2D eigenvalue weighted by molar-refractivity contribution is 9.10. The first-order chi connectivity index (χ1) is 10.1. The maximum absolute atomic E-state index is 8.84. The van der Waals surface area contributed by atoms with Gasteiger partial charge in [0.15, 0.2) is 11.5 Å². The van der Waals surface area contributed by atoms with Crippen LogP contribution in [0.4, 0.5) is 5.69 Å². The molecule has 1 aromatic carbocycles. The average molecular weight is 393 g/mol. The fourth-order valence-electron chi connectivity index (χ4n) is 1.72. The number of rotatable bonds is 7. The van der Waals surface area contributed by atoms with Crippen molar-refractivity contribution in [2.75, 3.05) is 25.6 Å². The van der Waals surface area contributed by atoms with Crippen molar-refractivity contribution in [1.29, 1.82) is 0 Å². The normalized spacial score (nSPS) is 10.5. The van der Waals surface area contributed by atoms with Gasteiger partial charge in [-0.1, -0.05) is 11.6 Å². The van der Waals surface area contributed by atoms with E-state index in [2.05, 4.69) is 21.2 Å². The van der Waals surface area contributed by atoms with E-state index < -0.39 is 0 Å². The molecule has 2 rings (SSSR count). The first-order valence-electron chi connectivity index (χ1n) is 6.23. The van der Waals surface area contributed by atoms with Gasteiger partial charge in [-0.05, 0) is 34.1 Å². The first-order valence-corrected chi connectivity index (χ1v) is 8.22. The van der Waals surface area contributed by atoms with E-state index in [0.29, 0.717) is 18.0 Å². The van der Waals surface area contributed by atoms with Crippen LogP contribution in [0.1, 0.15) is 4.88 Å². The third kappa shape index (κ3) is 4.51. The van der Waals surface area contributed by atoms with E-state index >= 15 is 0 Å². The lowest BCUT2D eigenvalue weighted by molar-refractivity contribution is 0.196. The zero-order valence-electron chi connectivity index (χ0n) is 11.4. The van der Waals surface area contributed by atoms with Gasteiger partial charge < -0.3 is 19.9 Å².